The number of methoxy groups -OCH3 is 1. The normalized spacial score (nSPS) is 15.3. The Morgan fingerprint density at radius 1 is 1.04 bits per heavy atom. The molecule has 0 amide bonds. The standard InChI is InChI=1S/C21H23N3O2/c1-26-21(25)16-6-8-18(9-7-16)24-12-10-23(11-13-24)15-20-19-5-3-2-4-17(19)14-22-20/h2-9,14,22H,10-13,15H2,1H3. The fraction of sp³-hybridized carbons (Fsp3) is 0.286. The molecular formula is C21H23N3O2. The second-order valence-corrected chi connectivity index (χ2v) is 6.66. The molecule has 1 saturated heterocycles. The van der Waals surface area contributed by atoms with Gasteiger partial charge in [-0.2, -0.15) is 0 Å². The summed E-state index contributed by atoms with van der Waals surface area (Å²) in [6.45, 7) is 4.95. The molecule has 2 aromatic carbocycles. The van der Waals surface area contributed by atoms with Crippen molar-refractivity contribution >= 4 is 22.4 Å². The number of rotatable bonds is 4. The van der Waals surface area contributed by atoms with Crippen LogP contribution < -0.4 is 4.90 Å². The zero-order valence-electron chi connectivity index (χ0n) is 14.9. The number of nitrogens with one attached hydrogen (secondary N) is 1. The number of hydrogen-bond acceptors (Lipinski definition) is 4. The lowest BCUT2D eigenvalue weighted by atomic mass is 10.1. The van der Waals surface area contributed by atoms with Crippen LogP contribution in [0.2, 0.25) is 0 Å². The molecule has 0 atom stereocenters. The number of carbonyl (C=O) groups is 1. The van der Waals surface area contributed by atoms with Gasteiger partial charge in [-0.15, -0.1) is 0 Å². The zero-order valence-corrected chi connectivity index (χ0v) is 14.9. The van der Waals surface area contributed by atoms with Gasteiger partial charge < -0.3 is 14.6 Å². The first-order valence-corrected chi connectivity index (χ1v) is 8.95. The minimum absolute atomic E-state index is 0.292. The molecular weight excluding hydrogens is 326 g/mol. The van der Waals surface area contributed by atoms with Crippen LogP contribution in [0.1, 0.15) is 16.1 Å². The number of benzene rings is 2. The number of anilines is 1. The molecule has 1 aliphatic heterocycles. The molecule has 26 heavy (non-hydrogen) atoms. The Bertz CT molecular complexity index is 893. The van der Waals surface area contributed by atoms with E-state index in [1.165, 1.54) is 23.6 Å². The number of H-pyrrole nitrogens is 1. The van der Waals surface area contributed by atoms with E-state index in [1.54, 1.807) is 0 Å². The van der Waals surface area contributed by atoms with Crippen LogP contribution in [0.15, 0.2) is 54.7 Å². The number of aromatic nitrogens is 1. The molecule has 0 radical (unpaired) electrons. The molecule has 0 bridgehead atoms. The maximum absolute atomic E-state index is 11.5. The SMILES string of the molecule is COC(=O)c1ccc(N2CCN(Cc3[nH]cc4ccccc34)CC2)cc1. The number of fused-ring (bicyclic) bond motifs is 1. The predicted octanol–water partition coefficient (Wildman–Crippen LogP) is 3.28. The van der Waals surface area contributed by atoms with Crippen LogP contribution in [-0.4, -0.2) is 49.1 Å². The highest BCUT2D eigenvalue weighted by molar-refractivity contribution is 5.89. The molecule has 0 aliphatic carbocycles. The van der Waals surface area contributed by atoms with E-state index in [0.29, 0.717) is 5.56 Å². The van der Waals surface area contributed by atoms with Crippen molar-refractivity contribution in [1.82, 2.24) is 9.88 Å². The lowest BCUT2D eigenvalue weighted by Gasteiger charge is -2.36. The van der Waals surface area contributed by atoms with Gasteiger partial charge in [0.1, 0.15) is 0 Å². The van der Waals surface area contributed by atoms with Gasteiger partial charge >= 0.3 is 5.97 Å². The Morgan fingerprint density at radius 3 is 2.50 bits per heavy atom. The maximum atomic E-state index is 11.5. The van der Waals surface area contributed by atoms with Crippen LogP contribution in [0, 0.1) is 0 Å². The van der Waals surface area contributed by atoms with Gasteiger partial charge in [0, 0.05) is 55.7 Å². The first-order chi connectivity index (χ1) is 12.7. The van der Waals surface area contributed by atoms with Crippen molar-refractivity contribution < 1.29 is 9.53 Å². The number of aromatic amines is 1. The van der Waals surface area contributed by atoms with E-state index in [-0.39, 0.29) is 5.97 Å². The molecule has 3 aromatic rings. The van der Waals surface area contributed by atoms with E-state index >= 15 is 0 Å². The van der Waals surface area contributed by atoms with Gasteiger partial charge in [-0.1, -0.05) is 24.3 Å². The smallest absolute Gasteiger partial charge is 0.337 e. The molecule has 5 nitrogen and oxygen atoms in total. The van der Waals surface area contributed by atoms with Crippen LogP contribution in [0.25, 0.3) is 10.8 Å². The van der Waals surface area contributed by atoms with E-state index in [4.69, 9.17) is 4.74 Å². The van der Waals surface area contributed by atoms with Gasteiger partial charge in [0.05, 0.1) is 12.7 Å². The van der Waals surface area contributed by atoms with Crippen LogP contribution in [0.4, 0.5) is 5.69 Å². The molecule has 5 heteroatoms. The molecule has 4 rings (SSSR count). The maximum Gasteiger partial charge on any atom is 0.337 e. The summed E-state index contributed by atoms with van der Waals surface area (Å²) in [5.74, 6) is -0.292. The molecule has 1 N–H and O–H groups in total. The highest BCUT2D eigenvalue weighted by Crippen LogP contribution is 2.21. The largest absolute Gasteiger partial charge is 0.465 e. The van der Waals surface area contributed by atoms with Gasteiger partial charge in [-0.05, 0) is 29.7 Å². The third-order valence-corrected chi connectivity index (χ3v) is 5.10. The van der Waals surface area contributed by atoms with Gasteiger partial charge in [0.15, 0.2) is 0 Å². The molecule has 0 saturated carbocycles. The second kappa shape index (κ2) is 7.22. The van der Waals surface area contributed by atoms with Crippen LogP contribution in [0.3, 0.4) is 0 Å². The Kier molecular flexibility index (Phi) is 4.63. The summed E-state index contributed by atoms with van der Waals surface area (Å²) < 4.78 is 4.75. The minimum atomic E-state index is -0.292. The Balaban J connectivity index is 1.37. The van der Waals surface area contributed by atoms with E-state index in [1.807, 2.05) is 24.3 Å². The molecule has 134 valence electrons. The molecule has 1 fully saturated rings. The van der Waals surface area contributed by atoms with Crippen molar-refractivity contribution in [2.45, 2.75) is 6.54 Å². The summed E-state index contributed by atoms with van der Waals surface area (Å²) in [5, 5.41) is 2.58. The summed E-state index contributed by atoms with van der Waals surface area (Å²) in [7, 11) is 1.41. The van der Waals surface area contributed by atoms with Crippen LogP contribution in [0.5, 0.6) is 0 Å². The van der Waals surface area contributed by atoms with Crippen molar-refractivity contribution in [2.75, 3.05) is 38.2 Å². The number of ether oxygens (including phenoxy) is 1. The predicted molar refractivity (Wildman–Crippen MR) is 104 cm³/mol. The average molecular weight is 349 g/mol. The van der Waals surface area contributed by atoms with E-state index in [2.05, 4.69) is 45.2 Å². The fourth-order valence-corrected chi connectivity index (χ4v) is 3.59. The molecule has 1 aliphatic rings. The topological polar surface area (TPSA) is 48.6 Å². The van der Waals surface area contributed by atoms with E-state index in [9.17, 15) is 4.79 Å². The quantitative estimate of drug-likeness (QED) is 0.735. The monoisotopic (exact) mass is 349 g/mol. The van der Waals surface area contributed by atoms with E-state index < -0.39 is 0 Å². The Hall–Kier alpha value is -2.79. The lowest BCUT2D eigenvalue weighted by Crippen LogP contribution is -2.46. The van der Waals surface area contributed by atoms with Gasteiger partial charge in [0.2, 0.25) is 0 Å². The van der Waals surface area contributed by atoms with Gasteiger partial charge in [-0.3, -0.25) is 4.90 Å². The zero-order chi connectivity index (χ0) is 17.9. The highest BCUT2D eigenvalue weighted by atomic mass is 16.5. The van der Waals surface area contributed by atoms with Gasteiger partial charge in [0.25, 0.3) is 0 Å². The number of esters is 1. The molecule has 1 aromatic heterocycles. The summed E-state index contributed by atoms with van der Waals surface area (Å²) in [5.41, 5.74) is 3.03. The number of piperazine rings is 1. The number of hydrogen-bond donors (Lipinski definition) is 1. The van der Waals surface area contributed by atoms with Crippen LogP contribution >= 0.6 is 0 Å². The molecule has 2 heterocycles. The molecule has 0 unspecified atom stereocenters. The second-order valence-electron chi connectivity index (χ2n) is 6.66. The summed E-state index contributed by atoms with van der Waals surface area (Å²) >= 11 is 0. The first-order valence-electron chi connectivity index (χ1n) is 8.95. The van der Waals surface area contributed by atoms with Crippen molar-refractivity contribution in [3.8, 4) is 0 Å². The summed E-state index contributed by atoms with van der Waals surface area (Å²) in [6, 6.07) is 16.2. The van der Waals surface area contributed by atoms with Crippen molar-refractivity contribution in [3.05, 3.63) is 66.0 Å². The lowest BCUT2D eigenvalue weighted by molar-refractivity contribution is 0.0601. The van der Waals surface area contributed by atoms with Crippen molar-refractivity contribution in [3.63, 3.8) is 0 Å². The first kappa shape index (κ1) is 16.7. The number of nitrogens with zero attached hydrogens (tertiary/aromatic N) is 2. The minimum Gasteiger partial charge on any atom is -0.465 e. The van der Waals surface area contributed by atoms with Crippen molar-refractivity contribution in [2.24, 2.45) is 0 Å². The highest BCUT2D eigenvalue weighted by Gasteiger charge is 2.18. The van der Waals surface area contributed by atoms with Crippen molar-refractivity contribution in [1.29, 1.82) is 0 Å². The summed E-state index contributed by atoms with van der Waals surface area (Å²) in [6.07, 6.45) is 2.09. The average Bonchev–Trinajstić information content (AvgIpc) is 3.11. The Morgan fingerprint density at radius 2 is 1.77 bits per heavy atom. The van der Waals surface area contributed by atoms with Crippen LogP contribution in [-0.2, 0) is 11.3 Å². The van der Waals surface area contributed by atoms with Gasteiger partial charge in [-0.25, -0.2) is 4.79 Å². The number of carbonyl (C=O) groups excluding carboxylic acids is 1. The fourth-order valence-electron chi connectivity index (χ4n) is 3.59. The van der Waals surface area contributed by atoms with E-state index in [0.717, 1.165) is 38.4 Å². The third-order valence-electron chi connectivity index (χ3n) is 5.10. The summed E-state index contributed by atoms with van der Waals surface area (Å²) in [4.78, 5) is 19.8. The molecule has 0 spiro atoms. The Labute approximate surface area is 153 Å². The third kappa shape index (κ3) is 3.30.